The predicted molar refractivity (Wildman–Crippen MR) is 219 cm³/mol. The lowest BCUT2D eigenvalue weighted by atomic mass is 9.93. The monoisotopic (exact) mass is 718 g/mol. The maximum atomic E-state index is 7.12. The van der Waals surface area contributed by atoms with Crippen LogP contribution in [0.1, 0.15) is 112 Å². The lowest BCUT2D eigenvalue weighted by Crippen LogP contribution is -2.25. The molecule has 4 rings (SSSR count). The smallest absolute Gasteiger partial charge is 0.148 e. The highest BCUT2D eigenvalue weighted by atomic mass is 35.5. The number of benzene rings is 1. The molecule has 0 bridgehead atoms. The van der Waals surface area contributed by atoms with Crippen LogP contribution in [0.2, 0.25) is 5.02 Å². The molecule has 51 heavy (non-hydrogen) atoms. The third kappa shape index (κ3) is 13.6. The highest BCUT2D eigenvalue weighted by Gasteiger charge is 2.26. The molecule has 9 heteroatoms. The molecular weight excluding hydrogens is 656 g/mol. The van der Waals surface area contributed by atoms with Crippen molar-refractivity contribution >= 4 is 23.5 Å². The fourth-order valence-corrected chi connectivity index (χ4v) is 6.48. The lowest BCUT2D eigenvalue weighted by molar-refractivity contribution is 0.0845. The van der Waals surface area contributed by atoms with E-state index in [4.69, 9.17) is 36.8 Å². The Kier molecular flexibility index (Phi) is 22.2. The SMILES string of the molecule is C#CN.C=C.CC.CCCN=Cc1cc(CN(C)CC(CCC)c2cc(C)c(OCC)c(-c3ccnc(C4CCOCC4)c3Cl)n2)cc(C)c1N. The number of terminal acetylenes is 1. The summed E-state index contributed by atoms with van der Waals surface area (Å²) in [6.07, 6.45) is 13.1. The van der Waals surface area contributed by atoms with Crippen molar-refractivity contribution < 1.29 is 9.47 Å². The number of aromatic nitrogens is 2. The van der Waals surface area contributed by atoms with Crippen molar-refractivity contribution in [2.45, 2.75) is 99.0 Å². The van der Waals surface area contributed by atoms with Crippen LogP contribution in [0, 0.1) is 26.3 Å². The van der Waals surface area contributed by atoms with Crippen molar-refractivity contribution in [2.24, 2.45) is 10.7 Å². The van der Waals surface area contributed by atoms with E-state index in [1.807, 2.05) is 39.2 Å². The summed E-state index contributed by atoms with van der Waals surface area (Å²) in [6, 6.07) is 10.3. The van der Waals surface area contributed by atoms with Gasteiger partial charge in [-0.15, -0.1) is 13.2 Å². The van der Waals surface area contributed by atoms with Gasteiger partial charge in [-0.05, 0) is 94.4 Å². The number of halogens is 1. The van der Waals surface area contributed by atoms with Crippen molar-refractivity contribution in [3.05, 3.63) is 82.3 Å². The van der Waals surface area contributed by atoms with E-state index in [1.165, 1.54) is 5.56 Å². The summed E-state index contributed by atoms with van der Waals surface area (Å²) in [5.41, 5.74) is 19.6. The molecule has 1 fully saturated rings. The summed E-state index contributed by atoms with van der Waals surface area (Å²) in [5, 5.41) is 0.672. The summed E-state index contributed by atoms with van der Waals surface area (Å²) in [6.45, 7) is 25.1. The molecule has 0 spiro atoms. The van der Waals surface area contributed by atoms with Crippen LogP contribution in [0.5, 0.6) is 5.75 Å². The standard InChI is InChI=1S/C36H50ClN5O2.C2H3N.C2H6.C2H4/c1-7-10-28(23-42(6)22-26-18-24(4)33(38)29(20-26)21-39-14-8-2)31-19-25(5)36(44-9-3)35(41-31)30-11-15-40-34(32(30)37)27-12-16-43-17-13-27;1-2-3;2*1-2/h11,15,18-21,27-28H,7-10,12-14,16-17,22-23,38H2,1-6H3;1H,3H2;1-2H3;1-2H2. The van der Waals surface area contributed by atoms with E-state index in [0.29, 0.717) is 11.6 Å². The zero-order chi connectivity index (χ0) is 38.3. The molecule has 0 saturated carbocycles. The van der Waals surface area contributed by atoms with Crippen LogP contribution in [0.15, 0.2) is 48.6 Å². The van der Waals surface area contributed by atoms with Gasteiger partial charge in [0.25, 0.3) is 0 Å². The number of nitrogens with zero attached hydrogens (tertiary/aromatic N) is 4. The highest BCUT2D eigenvalue weighted by Crippen LogP contribution is 2.41. The van der Waals surface area contributed by atoms with Crippen LogP contribution >= 0.6 is 11.6 Å². The van der Waals surface area contributed by atoms with Crippen LogP contribution in [0.4, 0.5) is 5.69 Å². The van der Waals surface area contributed by atoms with Crippen molar-refractivity contribution in [2.75, 3.05) is 45.7 Å². The van der Waals surface area contributed by atoms with E-state index in [1.54, 1.807) is 6.04 Å². The fourth-order valence-electron chi connectivity index (χ4n) is 6.13. The normalized spacial score (nSPS) is 13.2. The number of nitrogens with two attached hydrogens (primary N) is 2. The highest BCUT2D eigenvalue weighted by molar-refractivity contribution is 6.34. The minimum atomic E-state index is 0.245. The molecule has 3 aromatic rings. The van der Waals surface area contributed by atoms with Gasteiger partial charge in [0.05, 0.1) is 17.3 Å². The summed E-state index contributed by atoms with van der Waals surface area (Å²) in [5.74, 6) is 1.32. The third-order valence-corrected chi connectivity index (χ3v) is 8.75. The Bertz CT molecular complexity index is 1530. The van der Waals surface area contributed by atoms with Crippen molar-refractivity contribution in [3.8, 4) is 29.5 Å². The molecule has 1 unspecified atom stereocenters. The number of aryl methyl sites for hydroxylation is 2. The molecule has 0 amide bonds. The van der Waals surface area contributed by atoms with E-state index in [9.17, 15) is 0 Å². The molecule has 280 valence electrons. The van der Waals surface area contributed by atoms with Gasteiger partial charge in [0, 0.05) is 79.6 Å². The Morgan fingerprint density at radius 3 is 2.41 bits per heavy atom. The van der Waals surface area contributed by atoms with Gasteiger partial charge in [0.2, 0.25) is 0 Å². The molecule has 1 atom stereocenters. The van der Waals surface area contributed by atoms with Gasteiger partial charge in [-0.3, -0.25) is 9.98 Å². The van der Waals surface area contributed by atoms with Crippen molar-refractivity contribution in [1.29, 1.82) is 0 Å². The second kappa shape index (κ2) is 25.1. The maximum absolute atomic E-state index is 7.12. The molecule has 8 nitrogen and oxygen atoms in total. The number of anilines is 1. The van der Waals surface area contributed by atoms with Crippen LogP contribution in [0.25, 0.3) is 11.3 Å². The first-order valence-corrected chi connectivity index (χ1v) is 18.7. The summed E-state index contributed by atoms with van der Waals surface area (Å²) < 4.78 is 11.8. The second-order valence-corrected chi connectivity index (χ2v) is 12.6. The van der Waals surface area contributed by atoms with Gasteiger partial charge in [-0.1, -0.05) is 58.2 Å². The molecule has 0 radical (unpaired) electrons. The van der Waals surface area contributed by atoms with E-state index >= 15 is 0 Å². The Labute approximate surface area is 314 Å². The first-order chi connectivity index (χ1) is 24.7. The molecule has 1 aliphatic rings. The molecule has 4 N–H and O–H groups in total. The van der Waals surface area contributed by atoms with Crippen LogP contribution in [0.3, 0.4) is 0 Å². The predicted octanol–water partition coefficient (Wildman–Crippen LogP) is 9.50. The first-order valence-electron chi connectivity index (χ1n) is 18.3. The number of rotatable bonds is 14. The van der Waals surface area contributed by atoms with E-state index in [0.717, 1.165) is 116 Å². The van der Waals surface area contributed by atoms with Crippen LogP contribution in [-0.2, 0) is 11.3 Å². The zero-order valence-electron chi connectivity index (χ0n) is 32.5. The maximum Gasteiger partial charge on any atom is 0.148 e. The first kappa shape index (κ1) is 45.1. The summed E-state index contributed by atoms with van der Waals surface area (Å²) in [7, 11) is 2.18. The Balaban J connectivity index is 0.00000173. The largest absolute Gasteiger partial charge is 0.491 e. The molecule has 0 aliphatic carbocycles. The van der Waals surface area contributed by atoms with Gasteiger partial charge < -0.3 is 25.8 Å². The van der Waals surface area contributed by atoms with E-state index in [2.05, 4.69) is 88.1 Å². The second-order valence-electron chi connectivity index (χ2n) is 12.2. The van der Waals surface area contributed by atoms with E-state index < -0.39 is 0 Å². The molecule has 2 aromatic heterocycles. The molecule has 1 saturated heterocycles. The minimum Gasteiger partial charge on any atom is -0.491 e. The summed E-state index contributed by atoms with van der Waals surface area (Å²) in [4.78, 5) is 16.9. The van der Waals surface area contributed by atoms with E-state index in [-0.39, 0.29) is 11.8 Å². The van der Waals surface area contributed by atoms with Gasteiger partial charge >= 0.3 is 0 Å². The third-order valence-electron chi connectivity index (χ3n) is 8.35. The number of aliphatic imine (C=N–C) groups is 1. The quantitative estimate of drug-likeness (QED) is 0.0561. The average Bonchev–Trinajstić information content (AvgIpc) is 3.13. The average molecular weight is 719 g/mol. The fraction of sp³-hybridized carbons (Fsp3) is 0.500. The van der Waals surface area contributed by atoms with Gasteiger partial charge in [-0.2, -0.15) is 0 Å². The number of pyridine rings is 2. The van der Waals surface area contributed by atoms with Crippen molar-refractivity contribution in [3.63, 3.8) is 0 Å². The van der Waals surface area contributed by atoms with Gasteiger partial charge in [0.15, 0.2) is 0 Å². The number of nitrogen functional groups attached to an aromatic ring is 1. The molecular formula is C42H63ClN6O2. The molecule has 3 heterocycles. The van der Waals surface area contributed by atoms with Crippen molar-refractivity contribution in [1.82, 2.24) is 14.9 Å². The number of ether oxygens (including phenoxy) is 2. The topological polar surface area (TPSA) is 112 Å². The summed E-state index contributed by atoms with van der Waals surface area (Å²) >= 11 is 7.12. The van der Waals surface area contributed by atoms with Gasteiger partial charge in [0.1, 0.15) is 11.4 Å². The Hall–Kier alpha value is -3.90. The lowest BCUT2D eigenvalue weighted by Gasteiger charge is -2.26. The Morgan fingerprint density at radius 2 is 1.80 bits per heavy atom. The van der Waals surface area contributed by atoms with Crippen LogP contribution in [-0.4, -0.2) is 61.0 Å². The molecule has 1 aliphatic heterocycles. The number of hydrogen-bond donors (Lipinski definition) is 2. The van der Waals surface area contributed by atoms with Gasteiger partial charge in [-0.25, -0.2) is 4.98 Å². The minimum absolute atomic E-state index is 0.245. The number of hydrogen-bond acceptors (Lipinski definition) is 8. The zero-order valence-corrected chi connectivity index (χ0v) is 33.3. The number of likely N-dealkylation sites (N-methyl/N-ethyl adjacent to an activating group) is 1. The molecule has 1 aromatic carbocycles. The Morgan fingerprint density at radius 1 is 1.14 bits per heavy atom. The van der Waals surface area contributed by atoms with Crippen LogP contribution < -0.4 is 16.2 Å².